The van der Waals surface area contributed by atoms with Gasteiger partial charge in [0, 0.05) is 41.9 Å². The largest absolute Gasteiger partial charge is 0.346 e. The van der Waals surface area contributed by atoms with Crippen molar-refractivity contribution in [2.75, 3.05) is 11.4 Å². The van der Waals surface area contributed by atoms with E-state index in [1.165, 1.54) is 24.3 Å². The first-order valence-corrected chi connectivity index (χ1v) is 8.26. The summed E-state index contributed by atoms with van der Waals surface area (Å²) >= 11 is 0. The van der Waals surface area contributed by atoms with E-state index in [1.807, 2.05) is 31.2 Å². The van der Waals surface area contributed by atoms with Crippen LogP contribution in [0.4, 0.5) is 11.4 Å². The molecule has 2 heterocycles. The molecule has 8 heteroatoms. The molecular weight excluding hydrogens is 368 g/mol. The smallest absolute Gasteiger partial charge is 0.269 e. The third kappa shape index (κ3) is 3.29. The third-order valence-corrected chi connectivity index (χ3v) is 4.50. The Hall–Kier alpha value is -3.19. The van der Waals surface area contributed by atoms with Gasteiger partial charge in [0.1, 0.15) is 5.82 Å². The summed E-state index contributed by atoms with van der Waals surface area (Å²) in [6.45, 7) is 2.42. The number of halogens is 1. The second-order valence-corrected chi connectivity index (χ2v) is 6.18. The summed E-state index contributed by atoms with van der Waals surface area (Å²) in [7, 11) is 0. The van der Waals surface area contributed by atoms with Crippen LogP contribution < -0.4 is 4.90 Å². The molecule has 4 rings (SSSR count). The maximum atomic E-state index is 13.1. The number of imidazole rings is 1. The number of aryl methyl sites for hydroxylation is 1. The van der Waals surface area contributed by atoms with E-state index in [0.717, 1.165) is 28.5 Å². The second kappa shape index (κ2) is 7.20. The molecule has 0 fully saturated rings. The molecule has 1 amide bonds. The minimum atomic E-state index is -0.476. The average Bonchev–Trinajstić information content (AvgIpc) is 2.95. The first-order chi connectivity index (χ1) is 12.5. The Bertz CT molecular complexity index is 1010. The summed E-state index contributed by atoms with van der Waals surface area (Å²) in [5.74, 6) is 0.661. The number of rotatable bonds is 2. The lowest BCUT2D eigenvalue weighted by Gasteiger charge is -2.23. The SMILES string of the molecule is Cc1nc2c([nH]1)CCN(C(=O)c1ccc([N+](=O)[O-])cc1)c1ccccc1-2.Cl. The number of non-ortho nitro benzene ring substituents is 1. The minimum Gasteiger partial charge on any atom is -0.346 e. The number of nitro benzene ring substituents is 1. The monoisotopic (exact) mass is 384 g/mol. The predicted molar refractivity (Wildman–Crippen MR) is 104 cm³/mol. The van der Waals surface area contributed by atoms with Gasteiger partial charge >= 0.3 is 0 Å². The number of carbonyl (C=O) groups excluding carboxylic acids is 1. The van der Waals surface area contributed by atoms with Crippen molar-refractivity contribution >= 4 is 29.7 Å². The van der Waals surface area contributed by atoms with Crippen LogP contribution in [-0.4, -0.2) is 27.3 Å². The number of aromatic amines is 1. The highest BCUT2D eigenvalue weighted by molar-refractivity contribution is 6.08. The van der Waals surface area contributed by atoms with Crippen molar-refractivity contribution in [3.8, 4) is 11.3 Å². The third-order valence-electron chi connectivity index (χ3n) is 4.50. The fourth-order valence-corrected chi connectivity index (χ4v) is 3.29. The first kappa shape index (κ1) is 18.6. The van der Waals surface area contributed by atoms with Gasteiger partial charge in [-0.25, -0.2) is 4.98 Å². The molecule has 0 saturated carbocycles. The quantitative estimate of drug-likeness (QED) is 0.535. The molecule has 0 unspecified atom stereocenters. The van der Waals surface area contributed by atoms with Crippen LogP contribution in [0.3, 0.4) is 0 Å². The van der Waals surface area contributed by atoms with Gasteiger partial charge in [-0.1, -0.05) is 18.2 Å². The van der Waals surface area contributed by atoms with Gasteiger partial charge in [0.15, 0.2) is 0 Å². The molecule has 1 aromatic heterocycles. The first-order valence-electron chi connectivity index (χ1n) is 8.26. The zero-order chi connectivity index (χ0) is 18.3. The second-order valence-electron chi connectivity index (χ2n) is 6.18. The Morgan fingerprint density at radius 2 is 1.89 bits per heavy atom. The van der Waals surface area contributed by atoms with Crippen molar-refractivity contribution in [1.29, 1.82) is 0 Å². The van der Waals surface area contributed by atoms with Crippen LogP contribution in [0.2, 0.25) is 0 Å². The van der Waals surface area contributed by atoms with E-state index in [9.17, 15) is 14.9 Å². The molecule has 0 bridgehead atoms. The molecule has 7 nitrogen and oxygen atoms in total. The Kier molecular flexibility index (Phi) is 4.96. The van der Waals surface area contributed by atoms with Crippen molar-refractivity contribution in [2.45, 2.75) is 13.3 Å². The topological polar surface area (TPSA) is 92.1 Å². The number of hydrogen-bond donors (Lipinski definition) is 1. The number of H-pyrrole nitrogens is 1. The van der Waals surface area contributed by atoms with Crippen LogP contribution in [0.5, 0.6) is 0 Å². The summed E-state index contributed by atoms with van der Waals surface area (Å²) < 4.78 is 0. The van der Waals surface area contributed by atoms with Gasteiger partial charge in [-0.05, 0) is 25.1 Å². The lowest BCUT2D eigenvalue weighted by atomic mass is 10.1. The number of carbonyl (C=O) groups is 1. The van der Waals surface area contributed by atoms with Gasteiger partial charge in [-0.2, -0.15) is 0 Å². The van der Waals surface area contributed by atoms with Crippen LogP contribution in [0, 0.1) is 17.0 Å². The summed E-state index contributed by atoms with van der Waals surface area (Å²) in [5.41, 5.74) is 3.96. The number of amides is 1. The summed E-state index contributed by atoms with van der Waals surface area (Å²) in [6.07, 6.45) is 0.656. The van der Waals surface area contributed by atoms with Crippen molar-refractivity contribution in [2.24, 2.45) is 0 Å². The van der Waals surface area contributed by atoms with Gasteiger partial charge in [-0.3, -0.25) is 14.9 Å². The van der Waals surface area contributed by atoms with E-state index in [-0.39, 0.29) is 24.0 Å². The lowest BCUT2D eigenvalue weighted by molar-refractivity contribution is -0.384. The molecule has 1 aliphatic rings. The van der Waals surface area contributed by atoms with Gasteiger partial charge < -0.3 is 9.88 Å². The summed E-state index contributed by atoms with van der Waals surface area (Å²) in [6, 6.07) is 13.4. The zero-order valence-corrected chi connectivity index (χ0v) is 15.3. The van der Waals surface area contributed by atoms with E-state index < -0.39 is 4.92 Å². The van der Waals surface area contributed by atoms with Gasteiger partial charge in [-0.15, -0.1) is 12.4 Å². The van der Waals surface area contributed by atoms with E-state index in [0.29, 0.717) is 18.5 Å². The minimum absolute atomic E-state index is 0. The Morgan fingerprint density at radius 3 is 2.59 bits per heavy atom. The highest BCUT2D eigenvalue weighted by Gasteiger charge is 2.26. The molecule has 3 aromatic rings. The molecule has 27 heavy (non-hydrogen) atoms. The van der Waals surface area contributed by atoms with Crippen LogP contribution in [0.1, 0.15) is 21.9 Å². The van der Waals surface area contributed by atoms with Crippen LogP contribution in [0.25, 0.3) is 11.3 Å². The normalized spacial score (nSPS) is 12.4. The number of hydrogen-bond acceptors (Lipinski definition) is 4. The van der Waals surface area contributed by atoms with Crippen molar-refractivity contribution < 1.29 is 9.72 Å². The fraction of sp³-hybridized carbons (Fsp3) is 0.158. The molecule has 0 aliphatic carbocycles. The van der Waals surface area contributed by atoms with E-state index >= 15 is 0 Å². The highest BCUT2D eigenvalue weighted by Crippen LogP contribution is 2.35. The van der Waals surface area contributed by atoms with Gasteiger partial charge in [0.05, 0.1) is 16.3 Å². The molecular formula is C19H17ClN4O3. The van der Waals surface area contributed by atoms with Crippen LogP contribution in [0.15, 0.2) is 48.5 Å². The number of nitro groups is 1. The number of anilines is 1. The summed E-state index contributed by atoms with van der Waals surface area (Å²) in [5, 5.41) is 10.8. The average molecular weight is 385 g/mol. The highest BCUT2D eigenvalue weighted by atomic mass is 35.5. The van der Waals surface area contributed by atoms with Crippen molar-refractivity contribution in [3.63, 3.8) is 0 Å². The zero-order valence-electron chi connectivity index (χ0n) is 14.5. The number of aromatic nitrogens is 2. The molecule has 0 radical (unpaired) electrons. The summed E-state index contributed by atoms with van der Waals surface area (Å²) in [4.78, 5) is 33.0. The number of fused-ring (bicyclic) bond motifs is 3. The maximum Gasteiger partial charge on any atom is 0.269 e. The number of para-hydroxylation sites is 1. The van der Waals surface area contributed by atoms with Crippen molar-refractivity contribution in [3.05, 3.63) is 75.7 Å². The Balaban J connectivity index is 0.00000210. The van der Waals surface area contributed by atoms with Crippen LogP contribution >= 0.6 is 12.4 Å². The lowest BCUT2D eigenvalue weighted by Crippen LogP contribution is -2.32. The Labute approximate surface area is 161 Å². The molecule has 0 saturated heterocycles. The molecule has 2 aromatic carbocycles. The molecule has 1 N–H and O–H groups in total. The van der Waals surface area contributed by atoms with E-state index in [4.69, 9.17) is 0 Å². The maximum absolute atomic E-state index is 13.1. The van der Waals surface area contributed by atoms with E-state index in [1.54, 1.807) is 4.90 Å². The van der Waals surface area contributed by atoms with Gasteiger partial charge in [0.2, 0.25) is 0 Å². The standard InChI is InChI=1S/C19H16N4O3.ClH/c1-12-20-16-10-11-22(17-5-3-2-4-15(17)18(16)21-12)19(24)13-6-8-14(9-7-13)23(25)26;/h2-9H,10-11H2,1H3,(H,20,21);1H. The molecule has 0 spiro atoms. The van der Waals surface area contributed by atoms with E-state index in [2.05, 4.69) is 9.97 Å². The van der Waals surface area contributed by atoms with Crippen LogP contribution in [-0.2, 0) is 6.42 Å². The van der Waals surface area contributed by atoms with Gasteiger partial charge in [0.25, 0.3) is 11.6 Å². The van der Waals surface area contributed by atoms with Crippen molar-refractivity contribution in [1.82, 2.24) is 9.97 Å². The molecule has 138 valence electrons. The number of nitrogens with zero attached hydrogens (tertiary/aromatic N) is 3. The number of nitrogens with one attached hydrogen (secondary N) is 1. The predicted octanol–water partition coefficient (Wildman–Crippen LogP) is 3.92. The Morgan fingerprint density at radius 1 is 1.19 bits per heavy atom. The fourth-order valence-electron chi connectivity index (χ4n) is 3.29. The molecule has 1 aliphatic heterocycles. The number of benzene rings is 2. The molecule has 0 atom stereocenters.